The van der Waals surface area contributed by atoms with Crippen LogP contribution in [-0.2, 0) is 4.74 Å². The Bertz CT molecular complexity index is 665. The van der Waals surface area contributed by atoms with Crippen LogP contribution < -0.4 is 0 Å². The van der Waals surface area contributed by atoms with Crippen LogP contribution >= 0.6 is 0 Å². The molecule has 0 aromatic carbocycles. The highest BCUT2D eigenvalue weighted by Crippen LogP contribution is 2.14. The maximum atomic E-state index is 11.7. The molecule has 0 atom stereocenters. The Morgan fingerprint density at radius 1 is 1.45 bits per heavy atom. The van der Waals surface area contributed by atoms with Crippen LogP contribution in [0.2, 0.25) is 0 Å². The summed E-state index contributed by atoms with van der Waals surface area (Å²) < 4.78 is 6.14. The summed E-state index contributed by atoms with van der Waals surface area (Å²) in [5.74, 6) is -1.68. The Morgan fingerprint density at radius 3 is 2.80 bits per heavy atom. The third-order valence-electron chi connectivity index (χ3n) is 2.53. The zero-order valence-electron chi connectivity index (χ0n) is 10.9. The fraction of sp³-hybridized carbons (Fsp3) is 0.250. The minimum atomic E-state index is -1.18. The van der Waals surface area contributed by atoms with Gasteiger partial charge in [-0.3, -0.25) is 4.98 Å². The molecule has 0 unspecified atom stereocenters. The standard InChI is InChI=1S/C12H12N4O4/c1-3-20-12(19)8-4-10(7(2)13-5-8)16-6-9(11(17)18)14-15-16/h4-6H,3H2,1-2H3,(H,17,18). The van der Waals surface area contributed by atoms with E-state index in [1.165, 1.54) is 23.1 Å². The molecular formula is C12H12N4O4. The fourth-order valence-corrected chi connectivity index (χ4v) is 1.56. The van der Waals surface area contributed by atoms with Crippen molar-refractivity contribution in [2.75, 3.05) is 6.61 Å². The molecule has 2 aromatic heterocycles. The molecule has 2 heterocycles. The molecule has 0 spiro atoms. The second-order valence-electron chi connectivity index (χ2n) is 3.90. The number of carboxylic acids is 1. The maximum absolute atomic E-state index is 11.7. The lowest BCUT2D eigenvalue weighted by Crippen LogP contribution is -2.08. The monoisotopic (exact) mass is 276 g/mol. The highest BCUT2D eigenvalue weighted by molar-refractivity contribution is 5.89. The van der Waals surface area contributed by atoms with Crippen molar-refractivity contribution in [3.05, 3.63) is 35.4 Å². The van der Waals surface area contributed by atoms with Gasteiger partial charge >= 0.3 is 11.9 Å². The van der Waals surface area contributed by atoms with Crippen molar-refractivity contribution in [1.82, 2.24) is 20.0 Å². The van der Waals surface area contributed by atoms with Crippen molar-refractivity contribution >= 4 is 11.9 Å². The lowest BCUT2D eigenvalue weighted by Gasteiger charge is -2.07. The van der Waals surface area contributed by atoms with Crippen molar-refractivity contribution in [3.8, 4) is 5.69 Å². The van der Waals surface area contributed by atoms with Crippen molar-refractivity contribution in [2.24, 2.45) is 0 Å². The van der Waals surface area contributed by atoms with E-state index in [9.17, 15) is 9.59 Å². The predicted octanol–water partition coefficient (Wildman–Crippen LogP) is 0.846. The second kappa shape index (κ2) is 5.47. The molecule has 8 heteroatoms. The van der Waals surface area contributed by atoms with Crippen LogP contribution in [-0.4, -0.2) is 43.6 Å². The molecule has 1 N–H and O–H groups in total. The number of aromatic carboxylic acids is 1. The van der Waals surface area contributed by atoms with Gasteiger partial charge in [0, 0.05) is 6.20 Å². The summed E-state index contributed by atoms with van der Waals surface area (Å²) in [5, 5.41) is 16.0. The Morgan fingerprint density at radius 2 is 2.20 bits per heavy atom. The SMILES string of the molecule is CCOC(=O)c1cnc(C)c(-n2cc(C(=O)O)nn2)c1. The number of aryl methyl sites for hydroxylation is 1. The van der Waals surface area contributed by atoms with Crippen LogP contribution in [0.3, 0.4) is 0 Å². The number of carbonyl (C=O) groups excluding carboxylic acids is 1. The molecule has 0 radical (unpaired) electrons. The minimum absolute atomic E-state index is 0.189. The zero-order valence-corrected chi connectivity index (χ0v) is 10.9. The molecule has 8 nitrogen and oxygen atoms in total. The van der Waals surface area contributed by atoms with Gasteiger partial charge in [0.25, 0.3) is 0 Å². The molecule has 20 heavy (non-hydrogen) atoms. The maximum Gasteiger partial charge on any atom is 0.358 e. The fourth-order valence-electron chi connectivity index (χ4n) is 1.56. The average molecular weight is 276 g/mol. The van der Waals surface area contributed by atoms with Crippen LogP contribution in [0.25, 0.3) is 5.69 Å². The molecular weight excluding hydrogens is 264 g/mol. The Labute approximate surface area is 114 Å². The lowest BCUT2D eigenvalue weighted by molar-refractivity contribution is 0.0525. The largest absolute Gasteiger partial charge is 0.476 e. The molecule has 0 fully saturated rings. The highest BCUT2D eigenvalue weighted by Gasteiger charge is 2.14. The van der Waals surface area contributed by atoms with Gasteiger partial charge in [0.1, 0.15) is 0 Å². The number of ether oxygens (including phenoxy) is 1. The van der Waals surface area contributed by atoms with E-state index in [0.717, 1.165) is 0 Å². The molecule has 0 aliphatic rings. The summed E-state index contributed by atoms with van der Waals surface area (Å²) in [6, 6.07) is 1.53. The van der Waals surface area contributed by atoms with E-state index in [2.05, 4.69) is 15.3 Å². The van der Waals surface area contributed by atoms with Gasteiger partial charge in [-0.1, -0.05) is 5.21 Å². The van der Waals surface area contributed by atoms with Gasteiger partial charge in [-0.2, -0.15) is 0 Å². The van der Waals surface area contributed by atoms with Gasteiger partial charge in [0.05, 0.1) is 29.7 Å². The summed E-state index contributed by atoms with van der Waals surface area (Å²) in [7, 11) is 0. The van der Waals surface area contributed by atoms with Crippen LogP contribution in [0.1, 0.15) is 33.5 Å². The number of carboxylic acid groups (broad SMARTS) is 1. The molecule has 0 saturated heterocycles. The molecule has 0 aliphatic carbocycles. The van der Waals surface area contributed by atoms with E-state index < -0.39 is 11.9 Å². The van der Waals surface area contributed by atoms with Crippen molar-refractivity contribution in [2.45, 2.75) is 13.8 Å². The van der Waals surface area contributed by atoms with Crippen molar-refractivity contribution in [1.29, 1.82) is 0 Å². The number of carbonyl (C=O) groups is 2. The lowest BCUT2D eigenvalue weighted by atomic mass is 10.2. The van der Waals surface area contributed by atoms with Crippen LogP contribution in [0.5, 0.6) is 0 Å². The molecule has 2 rings (SSSR count). The Hall–Kier alpha value is -2.77. The number of pyridine rings is 1. The number of rotatable bonds is 4. The summed E-state index contributed by atoms with van der Waals surface area (Å²) in [6.07, 6.45) is 2.65. The predicted molar refractivity (Wildman–Crippen MR) is 66.8 cm³/mol. The first-order valence-electron chi connectivity index (χ1n) is 5.82. The topological polar surface area (TPSA) is 107 Å². The number of hydrogen-bond donors (Lipinski definition) is 1. The summed E-state index contributed by atoms with van der Waals surface area (Å²) in [4.78, 5) is 26.5. The molecule has 0 aliphatic heterocycles. The van der Waals surface area contributed by atoms with Crippen molar-refractivity contribution in [3.63, 3.8) is 0 Å². The Kier molecular flexibility index (Phi) is 3.74. The zero-order chi connectivity index (χ0) is 14.7. The van der Waals surface area contributed by atoms with Gasteiger partial charge in [-0.15, -0.1) is 5.10 Å². The second-order valence-corrected chi connectivity index (χ2v) is 3.90. The molecule has 0 saturated carbocycles. The van der Waals surface area contributed by atoms with Crippen LogP contribution in [0.4, 0.5) is 0 Å². The molecule has 0 bridgehead atoms. The van der Waals surface area contributed by atoms with E-state index in [1.54, 1.807) is 13.8 Å². The first-order chi connectivity index (χ1) is 9.52. The Balaban J connectivity index is 2.41. The van der Waals surface area contributed by atoms with E-state index in [-0.39, 0.29) is 17.9 Å². The number of esters is 1. The normalized spacial score (nSPS) is 10.3. The third kappa shape index (κ3) is 2.63. The van der Waals surface area contributed by atoms with E-state index >= 15 is 0 Å². The number of aromatic nitrogens is 4. The average Bonchev–Trinajstić information content (AvgIpc) is 2.89. The van der Waals surface area contributed by atoms with E-state index in [4.69, 9.17) is 9.84 Å². The van der Waals surface area contributed by atoms with E-state index in [0.29, 0.717) is 11.4 Å². The smallest absolute Gasteiger partial charge is 0.358 e. The van der Waals surface area contributed by atoms with E-state index in [1.807, 2.05) is 0 Å². The molecule has 104 valence electrons. The van der Waals surface area contributed by atoms with Crippen LogP contribution in [0.15, 0.2) is 18.5 Å². The van der Waals surface area contributed by atoms with Crippen LogP contribution in [0, 0.1) is 6.92 Å². The molecule has 2 aromatic rings. The first-order valence-corrected chi connectivity index (χ1v) is 5.82. The molecule has 0 amide bonds. The van der Waals surface area contributed by atoms with Gasteiger partial charge in [-0.25, -0.2) is 14.3 Å². The summed E-state index contributed by atoms with van der Waals surface area (Å²) in [6.45, 7) is 3.68. The number of hydrogen-bond acceptors (Lipinski definition) is 6. The summed E-state index contributed by atoms with van der Waals surface area (Å²) in [5.41, 5.74) is 1.13. The van der Waals surface area contributed by atoms with Gasteiger partial charge in [0.2, 0.25) is 0 Å². The quantitative estimate of drug-likeness (QED) is 0.824. The minimum Gasteiger partial charge on any atom is -0.476 e. The van der Waals surface area contributed by atoms with Gasteiger partial charge in [-0.05, 0) is 19.9 Å². The van der Waals surface area contributed by atoms with Gasteiger partial charge in [0.15, 0.2) is 5.69 Å². The third-order valence-corrected chi connectivity index (χ3v) is 2.53. The summed E-state index contributed by atoms with van der Waals surface area (Å²) >= 11 is 0. The first kappa shape index (κ1) is 13.7. The van der Waals surface area contributed by atoms with Gasteiger partial charge < -0.3 is 9.84 Å². The number of nitrogens with zero attached hydrogens (tertiary/aromatic N) is 4. The highest BCUT2D eigenvalue weighted by atomic mass is 16.5. The van der Waals surface area contributed by atoms with Crippen molar-refractivity contribution < 1.29 is 19.4 Å².